The Hall–Kier alpha value is -2.89. The molecular weight excluding hydrogens is 316 g/mol. The number of pyridine rings is 1. The molecule has 0 radical (unpaired) electrons. The minimum absolute atomic E-state index is 0.00101. The summed E-state index contributed by atoms with van der Waals surface area (Å²) in [6, 6.07) is 11.5. The highest BCUT2D eigenvalue weighted by molar-refractivity contribution is 6.00. The second-order valence-corrected chi connectivity index (χ2v) is 6.19. The molecule has 0 saturated carbocycles. The highest BCUT2D eigenvalue weighted by Gasteiger charge is 2.34. The smallest absolute Gasteiger partial charge is 0.227 e. The number of amides is 2. The zero-order valence-electron chi connectivity index (χ0n) is 14.2. The number of aryl methyl sites for hydroxylation is 1. The monoisotopic (exact) mass is 338 g/mol. The maximum Gasteiger partial charge on any atom is 0.227 e. The molecule has 25 heavy (non-hydrogen) atoms. The average molecular weight is 338 g/mol. The highest BCUT2D eigenvalue weighted by Crippen LogP contribution is 2.25. The van der Waals surface area contributed by atoms with E-state index < -0.39 is 0 Å². The van der Waals surface area contributed by atoms with Crippen molar-refractivity contribution in [3.63, 3.8) is 0 Å². The van der Waals surface area contributed by atoms with Gasteiger partial charge in [-0.2, -0.15) is 0 Å². The van der Waals surface area contributed by atoms with E-state index in [4.69, 9.17) is 0 Å². The first kappa shape index (κ1) is 17.0. The van der Waals surface area contributed by atoms with Gasteiger partial charge in [0.15, 0.2) is 0 Å². The summed E-state index contributed by atoms with van der Waals surface area (Å²) in [5.41, 5.74) is 2.96. The molecule has 2 heterocycles. The first-order valence-electron chi connectivity index (χ1n) is 8.42. The maximum absolute atomic E-state index is 12.3. The number of aromatic nitrogens is 1. The number of hydrogen-bond acceptors (Lipinski definition) is 4. The van der Waals surface area contributed by atoms with Crippen molar-refractivity contribution in [2.45, 2.75) is 13.3 Å². The standard InChI is InChI=1S/C19H22N4O2/c1-14-2-4-17(5-3-14)23-13-15(12-18(23)24)19(25)22-11-10-21-16-6-8-20-9-7-16/h2-9,15H,10-13H2,1H3,(H,20,21)(H,22,25)/t15-/m0/s1. The van der Waals surface area contributed by atoms with Gasteiger partial charge in [0, 0.05) is 49.8 Å². The third-order valence-electron chi connectivity index (χ3n) is 4.28. The summed E-state index contributed by atoms with van der Waals surface area (Å²) < 4.78 is 0. The van der Waals surface area contributed by atoms with E-state index in [1.807, 2.05) is 43.3 Å². The van der Waals surface area contributed by atoms with Gasteiger partial charge in [0.1, 0.15) is 0 Å². The van der Waals surface area contributed by atoms with Gasteiger partial charge in [0.05, 0.1) is 5.92 Å². The summed E-state index contributed by atoms with van der Waals surface area (Å²) in [6.45, 7) is 3.58. The molecule has 0 spiro atoms. The molecule has 0 bridgehead atoms. The minimum Gasteiger partial charge on any atom is -0.383 e. The van der Waals surface area contributed by atoms with Crippen molar-refractivity contribution in [3.8, 4) is 0 Å². The summed E-state index contributed by atoms with van der Waals surface area (Å²) in [7, 11) is 0. The Bertz CT molecular complexity index is 731. The van der Waals surface area contributed by atoms with E-state index in [9.17, 15) is 9.59 Å². The molecule has 1 aromatic heterocycles. The van der Waals surface area contributed by atoms with Crippen LogP contribution in [0.25, 0.3) is 0 Å². The lowest BCUT2D eigenvalue weighted by molar-refractivity contribution is -0.126. The number of hydrogen-bond donors (Lipinski definition) is 2. The van der Waals surface area contributed by atoms with E-state index in [0.29, 0.717) is 19.6 Å². The molecule has 1 aliphatic heterocycles. The van der Waals surface area contributed by atoms with Crippen molar-refractivity contribution in [1.82, 2.24) is 10.3 Å². The number of nitrogens with one attached hydrogen (secondary N) is 2. The Morgan fingerprint density at radius 3 is 2.60 bits per heavy atom. The van der Waals surface area contributed by atoms with Crippen LogP contribution in [0.15, 0.2) is 48.8 Å². The lowest BCUT2D eigenvalue weighted by Crippen LogP contribution is -2.35. The normalized spacial score (nSPS) is 16.8. The van der Waals surface area contributed by atoms with Crippen LogP contribution in [-0.2, 0) is 9.59 Å². The summed E-state index contributed by atoms with van der Waals surface area (Å²) in [6.07, 6.45) is 3.69. The third kappa shape index (κ3) is 4.35. The quantitative estimate of drug-likeness (QED) is 0.790. The SMILES string of the molecule is Cc1ccc(N2C[C@@H](C(=O)NCCNc3ccncc3)CC2=O)cc1. The molecule has 0 unspecified atom stereocenters. The lowest BCUT2D eigenvalue weighted by Gasteiger charge is -2.17. The predicted molar refractivity (Wildman–Crippen MR) is 97.4 cm³/mol. The van der Waals surface area contributed by atoms with Crippen molar-refractivity contribution in [2.75, 3.05) is 29.9 Å². The molecule has 1 saturated heterocycles. The first-order chi connectivity index (χ1) is 12.1. The molecule has 1 aliphatic rings. The van der Waals surface area contributed by atoms with Crippen LogP contribution < -0.4 is 15.5 Å². The van der Waals surface area contributed by atoms with E-state index >= 15 is 0 Å². The zero-order chi connectivity index (χ0) is 17.6. The zero-order valence-corrected chi connectivity index (χ0v) is 14.2. The summed E-state index contributed by atoms with van der Waals surface area (Å²) in [5.74, 6) is -0.367. The Morgan fingerprint density at radius 2 is 1.88 bits per heavy atom. The molecular formula is C19H22N4O2. The molecule has 6 nitrogen and oxygen atoms in total. The van der Waals surface area contributed by atoms with Gasteiger partial charge in [0.2, 0.25) is 11.8 Å². The first-order valence-corrected chi connectivity index (χ1v) is 8.42. The molecule has 2 amide bonds. The van der Waals surface area contributed by atoms with Crippen LogP contribution in [0.4, 0.5) is 11.4 Å². The van der Waals surface area contributed by atoms with Gasteiger partial charge in [-0.1, -0.05) is 17.7 Å². The van der Waals surface area contributed by atoms with Crippen molar-refractivity contribution < 1.29 is 9.59 Å². The summed E-state index contributed by atoms with van der Waals surface area (Å²) in [5, 5.41) is 6.11. The second kappa shape index (κ2) is 7.79. The van der Waals surface area contributed by atoms with Gasteiger partial charge >= 0.3 is 0 Å². The predicted octanol–water partition coefficient (Wildman–Crippen LogP) is 1.97. The number of carbonyl (C=O) groups is 2. The number of carbonyl (C=O) groups excluding carboxylic acids is 2. The van der Waals surface area contributed by atoms with E-state index in [-0.39, 0.29) is 24.2 Å². The van der Waals surface area contributed by atoms with Crippen molar-refractivity contribution in [3.05, 3.63) is 54.4 Å². The fraction of sp³-hybridized carbons (Fsp3) is 0.316. The molecule has 1 aromatic carbocycles. The van der Waals surface area contributed by atoms with Crippen molar-refractivity contribution in [2.24, 2.45) is 5.92 Å². The Balaban J connectivity index is 1.46. The average Bonchev–Trinajstić information content (AvgIpc) is 3.02. The van der Waals surface area contributed by atoms with Crippen LogP contribution in [0.1, 0.15) is 12.0 Å². The summed E-state index contributed by atoms with van der Waals surface area (Å²) >= 11 is 0. The fourth-order valence-corrected chi connectivity index (χ4v) is 2.86. The molecule has 2 aromatic rings. The van der Waals surface area contributed by atoms with Crippen LogP contribution in [0.5, 0.6) is 0 Å². The second-order valence-electron chi connectivity index (χ2n) is 6.19. The van der Waals surface area contributed by atoms with Gasteiger partial charge < -0.3 is 15.5 Å². The summed E-state index contributed by atoms with van der Waals surface area (Å²) in [4.78, 5) is 30.2. The fourth-order valence-electron chi connectivity index (χ4n) is 2.86. The van der Waals surface area contributed by atoms with Crippen LogP contribution in [0.2, 0.25) is 0 Å². The maximum atomic E-state index is 12.3. The minimum atomic E-state index is -0.297. The number of nitrogens with zero attached hydrogens (tertiary/aromatic N) is 2. The molecule has 3 rings (SSSR count). The van der Waals surface area contributed by atoms with Gasteiger partial charge in [-0.3, -0.25) is 14.6 Å². The third-order valence-corrected chi connectivity index (χ3v) is 4.28. The Labute approximate surface area is 147 Å². The molecule has 0 aliphatic carbocycles. The van der Waals surface area contributed by atoms with Gasteiger partial charge in [-0.15, -0.1) is 0 Å². The van der Waals surface area contributed by atoms with Crippen LogP contribution >= 0.6 is 0 Å². The molecule has 1 atom stereocenters. The number of rotatable bonds is 6. The number of benzene rings is 1. The molecule has 6 heteroatoms. The Kier molecular flexibility index (Phi) is 5.28. The van der Waals surface area contributed by atoms with Crippen molar-refractivity contribution >= 4 is 23.2 Å². The lowest BCUT2D eigenvalue weighted by atomic mass is 10.1. The van der Waals surface area contributed by atoms with Crippen LogP contribution in [-0.4, -0.2) is 36.4 Å². The molecule has 2 N–H and O–H groups in total. The molecule has 1 fully saturated rings. The van der Waals surface area contributed by atoms with E-state index in [0.717, 1.165) is 16.9 Å². The van der Waals surface area contributed by atoms with E-state index in [1.54, 1.807) is 17.3 Å². The Morgan fingerprint density at radius 1 is 1.16 bits per heavy atom. The van der Waals surface area contributed by atoms with Gasteiger partial charge in [-0.05, 0) is 31.2 Å². The topological polar surface area (TPSA) is 74.3 Å². The van der Waals surface area contributed by atoms with Crippen LogP contribution in [0, 0.1) is 12.8 Å². The van der Waals surface area contributed by atoms with Gasteiger partial charge in [0.25, 0.3) is 0 Å². The highest BCUT2D eigenvalue weighted by atomic mass is 16.2. The van der Waals surface area contributed by atoms with Gasteiger partial charge in [-0.25, -0.2) is 0 Å². The largest absolute Gasteiger partial charge is 0.383 e. The van der Waals surface area contributed by atoms with Crippen molar-refractivity contribution in [1.29, 1.82) is 0 Å². The van der Waals surface area contributed by atoms with Crippen LogP contribution in [0.3, 0.4) is 0 Å². The number of anilines is 2. The molecule has 130 valence electrons. The van der Waals surface area contributed by atoms with E-state index in [2.05, 4.69) is 15.6 Å². The van der Waals surface area contributed by atoms with E-state index in [1.165, 1.54) is 0 Å².